The zero-order chi connectivity index (χ0) is 21.4. The van der Waals surface area contributed by atoms with E-state index in [1.165, 1.54) is 27.6 Å². The van der Waals surface area contributed by atoms with E-state index in [1.807, 2.05) is 18.7 Å². The third-order valence-electron chi connectivity index (χ3n) is 7.08. The van der Waals surface area contributed by atoms with Crippen LogP contribution in [-0.4, -0.2) is 59.1 Å². The number of nitrogens with one attached hydrogen (secondary N) is 2. The highest BCUT2D eigenvalue weighted by Crippen LogP contribution is 2.46. The molecule has 2 heterocycles. The van der Waals surface area contributed by atoms with Gasteiger partial charge in [-0.3, -0.25) is 4.90 Å². The molecule has 2 aliphatic rings. The van der Waals surface area contributed by atoms with Gasteiger partial charge in [-0.25, -0.2) is 4.79 Å². The molecule has 1 unspecified atom stereocenters. The molecule has 4 rings (SSSR count). The largest absolute Gasteiger partial charge is 0.349 e. The summed E-state index contributed by atoms with van der Waals surface area (Å²) in [6.07, 6.45) is 4.25. The number of likely N-dealkylation sites (tertiary alicyclic amines) is 1. The standard InChI is InChI=1S/C24H35BrN4O/c1-5-9-29-14-16(26-24(30)28(7-3)8-4)12-17-18-10-15(6-2)11-20-22(18)19(13-21(17)29)23(25)27-20/h10-11,16-17,21,27H,5-9,12-14H2,1-4H3,(H,26,30)/t16-,17?,21+/m0/s1. The molecule has 1 aliphatic heterocycles. The predicted molar refractivity (Wildman–Crippen MR) is 127 cm³/mol. The highest BCUT2D eigenvalue weighted by atomic mass is 79.9. The van der Waals surface area contributed by atoms with Crippen LogP contribution in [0.25, 0.3) is 10.9 Å². The fraction of sp³-hybridized carbons (Fsp3) is 0.625. The quantitative estimate of drug-likeness (QED) is 0.615. The van der Waals surface area contributed by atoms with Crippen molar-refractivity contribution in [3.8, 4) is 0 Å². The van der Waals surface area contributed by atoms with Crippen LogP contribution in [0.4, 0.5) is 4.79 Å². The lowest BCUT2D eigenvalue weighted by atomic mass is 9.73. The van der Waals surface area contributed by atoms with E-state index >= 15 is 0 Å². The topological polar surface area (TPSA) is 51.4 Å². The Morgan fingerprint density at radius 1 is 1.27 bits per heavy atom. The molecule has 1 fully saturated rings. The molecule has 1 saturated heterocycles. The Morgan fingerprint density at radius 3 is 2.70 bits per heavy atom. The lowest BCUT2D eigenvalue weighted by Crippen LogP contribution is -2.57. The molecule has 5 nitrogen and oxygen atoms in total. The SMILES string of the molecule is CCCN1C[C@@H](NC(=O)N(CC)CC)CC2c3cc(CC)cc4[nH]c(Br)c(c34)C[C@H]21. The number of fused-ring (bicyclic) bond motifs is 2. The number of rotatable bonds is 6. The van der Waals surface area contributed by atoms with Gasteiger partial charge >= 0.3 is 6.03 Å². The van der Waals surface area contributed by atoms with Gasteiger partial charge < -0.3 is 15.2 Å². The summed E-state index contributed by atoms with van der Waals surface area (Å²) in [6, 6.07) is 5.51. The van der Waals surface area contributed by atoms with Crippen molar-refractivity contribution in [1.29, 1.82) is 0 Å². The van der Waals surface area contributed by atoms with Gasteiger partial charge in [0.1, 0.15) is 0 Å². The van der Waals surface area contributed by atoms with Crippen molar-refractivity contribution >= 4 is 32.9 Å². The number of nitrogens with zero attached hydrogens (tertiary/aromatic N) is 2. The number of aromatic nitrogens is 1. The first-order chi connectivity index (χ1) is 14.5. The summed E-state index contributed by atoms with van der Waals surface area (Å²) in [5.74, 6) is 0.455. The maximum Gasteiger partial charge on any atom is 0.317 e. The Kier molecular flexibility index (Phi) is 6.44. The molecule has 0 saturated carbocycles. The highest BCUT2D eigenvalue weighted by molar-refractivity contribution is 9.10. The molecule has 30 heavy (non-hydrogen) atoms. The van der Waals surface area contributed by atoms with Crippen LogP contribution in [0.2, 0.25) is 0 Å². The second-order valence-electron chi connectivity index (χ2n) is 8.81. The molecular weight excluding hydrogens is 440 g/mol. The van der Waals surface area contributed by atoms with E-state index in [4.69, 9.17) is 0 Å². The van der Waals surface area contributed by atoms with Crippen LogP contribution in [0.15, 0.2) is 16.7 Å². The molecular formula is C24H35BrN4O. The van der Waals surface area contributed by atoms with Gasteiger partial charge in [0, 0.05) is 48.5 Å². The number of hydrogen-bond donors (Lipinski definition) is 2. The van der Waals surface area contributed by atoms with Crippen molar-refractivity contribution in [2.45, 2.75) is 71.4 Å². The van der Waals surface area contributed by atoms with Gasteiger partial charge in [0.05, 0.1) is 4.60 Å². The van der Waals surface area contributed by atoms with Gasteiger partial charge in [-0.1, -0.05) is 19.9 Å². The Bertz CT molecular complexity index is 920. The fourth-order valence-corrected chi connectivity index (χ4v) is 6.18. The number of carbonyl (C=O) groups is 1. The minimum Gasteiger partial charge on any atom is -0.349 e. The smallest absolute Gasteiger partial charge is 0.317 e. The number of aromatic amines is 1. The van der Waals surface area contributed by atoms with Crippen LogP contribution in [-0.2, 0) is 12.8 Å². The van der Waals surface area contributed by atoms with E-state index in [2.05, 4.69) is 57.1 Å². The summed E-state index contributed by atoms with van der Waals surface area (Å²) in [5.41, 5.74) is 5.53. The third kappa shape index (κ3) is 3.77. The number of piperidine rings is 1. The molecule has 0 radical (unpaired) electrons. The van der Waals surface area contributed by atoms with E-state index in [9.17, 15) is 4.79 Å². The number of H-pyrrole nitrogens is 1. The van der Waals surface area contributed by atoms with Gasteiger partial charge in [-0.2, -0.15) is 0 Å². The number of urea groups is 1. The van der Waals surface area contributed by atoms with Gasteiger partial charge in [0.25, 0.3) is 0 Å². The van der Waals surface area contributed by atoms with Gasteiger partial charge in [0.2, 0.25) is 0 Å². The van der Waals surface area contributed by atoms with Crippen LogP contribution >= 0.6 is 15.9 Å². The van der Waals surface area contributed by atoms with Crippen LogP contribution in [0.5, 0.6) is 0 Å². The van der Waals surface area contributed by atoms with E-state index in [1.54, 1.807) is 0 Å². The maximum atomic E-state index is 12.8. The minimum atomic E-state index is 0.0771. The van der Waals surface area contributed by atoms with E-state index < -0.39 is 0 Å². The van der Waals surface area contributed by atoms with Crippen molar-refractivity contribution in [2.75, 3.05) is 26.2 Å². The van der Waals surface area contributed by atoms with Gasteiger partial charge in [-0.05, 0) is 84.8 Å². The summed E-state index contributed by atoms with van der Waals surface area (Å²) in [7, 11) is 0. The summed E-state index contributed by atoms with van der Waals surface area (Å²) in [6.45, 7) is 12.1. The number of benzene rings is 1. The normalized spacial score (nSPS) is 23.4. The van der Waals surface area contributed by atoms with Crippen LogP contribution < -0.4 is 5.32 Å². The third-order valence-corrected chi connectivity index (χ3v) is 7.75. The van der Waals surface area contributed by atoms with Crippen LogP contribution in [0.3, 0.4) is 0 Å². The van der Waals surface area contributed by atoms with Crippen molar-refractivity contribution in [3.05, 3.63) is 33.4 Å². The van der Waals surface area contributed by atoms with Gasteiger partial charge in [-0.15, -0.1) is 0 Å². The van der Waals surface area contributed by atoms with E-state index in [0.717, 1.165) is 56.5 Å². The van der Waals surface area contributed by atoms with Crippen molar-refractivity contribution in [3.63, 3.8) is 0 Å². The minimum absolute atomic E-state index is 0.0771. The Labute approximate surface area is 188 Å². The molecule has 2 amide bonds. The first-order valence-corrected chi connectivity index (χ1v) is 12.4. The van der Waals surface area contributed by atoms with Crippen molar-refractivity contribution in [2.24, 2.45) is 0 Å². The monoisotopic (exact) mass is 474 g/mol. The maximum absolute atomic E-state index is 12.8. The van der Waals surface area contributed by atoms with E-state index in [-0.39, 0.29) is 12.1 Å². The number of amides is 2. The molecule has 3 atom stereocenters. The first kappa shape index (κ1) is 21.7. The van der Waals surface area contributed by atoms with Crippen molar-refractivity contribution in [1.82, 2.24) is 20.1 Å². The summed E-state index contributed by atoms with van der Waals surface area (Å²) >= 11 is 3.80. The number of aryl methyl sites for hydroxylation is 1. The Hall–Kier alpha value is -1.53. The summed E-state index contributed by atoms with van der Waals surface area (Å²) < 4.78 is 1.14. The molecule has 1 aromatic heterocycles. The lowest BCUT2D eigenvalue weighted by Gasteiger charge is -2.47. The first-order valence-electron chi connectivity index (χ1n) is 11.6. The average Bonchev–Trinajstić information content (AvgIpc) is 3.05. The highest BCUT2D eigenvalue weighted by Gasteiger charge is 2.42. The molecule has 1 aliphatic carbocycles. The Morgan fingerprint density at radius 2 is 2.03 bits per heavy atom. The molecule has 2 aromatic rings. The molecule has 0 spiro atoms. The molecule has 2 N–H and O–H groups in total. The molecule has 1 aromatic carbocycles. The second kappa shape index (κ2) is 8.91. The predicted octanol–water partition coefficient (Wildman–Crippen LogP) is 5.04. The zero-order valence-electron chi connectivity index (χ0n) is 18.7. The lowest BCUT2D eigenvalue weighted by molar-refractivity contribution is 0.0978. The van der Waals surface area contributed by atoms with Crippen molar-refractivity contribution < 1.29 is 4.79 Å². The molecule has 0 bridgehead atoms. The molecule has 6 heteroatoms. The fourth-order valence-electron chi connectivity index (χ4n) is 5.61. The van der Waals surface area contributed by atoms with Crippen LogP contribution in [0.1, 0.15) is 63.1 Å². The summed E-state index contributed by atoms with van der Waals surface area (Å²) in [5, 5.41) is 4.77. The van der Waals surface area contributed by atoms with E-state index in [0.29, 0.717) is 12.0 Å². The van der Waals surface area contributed by atoms with Gasteiger partial charge in [0.15, 0.2) is 0 Å². The second-order valence-corrected chi connectivity index (χ2v) is 9.60. The number of hydrogen-bond acceptors (Lipinski definition) is 2. The molecule has 164 valence electrons. The number of carbonyl (C=O) groups excluding carboxylic acids is 1. The number of halogens is 1. The average molecular weight is 475 g/mol. The zero-order valence-corrected chi connectivity index (χ0v) is 20.3. The van der Waals surface area contributed by atoms with Crippen LogP contribution in [0, 0.1) is 0 Å². The Balaban J connectivity index is 1.71. The summed E-state index contributed by atoms with van der Waals surface area (Å²) in [4.78, 5) is 20.9.